The number of ether oxygens (including phenoxy) is 1. The molecule has 58 valence electrons. The maximum Gasteiger partial charge on any atom is 0.0499 e. The Morgan fingerprint density at radius 2 is 2.30 bits per heavy atom. The lowest BCUT2D eigenvalue weighted by Crippen LogP contribution is -2.22. The van der Waals surface area contributed by atoms with Gasteiger partial charge in [-0.15, -0.1) is 0 Å². The second kappa shape index (κ2) is 1.97. The van der Waals surface area contributed by atoms with E-state index < -0.39 is 0 Å². The molecule has 0 amide bonds. The monoisotopic (exact) mass is 140 g/mol. The van der Waals surface area contributed by atoms with Gasteiger partial charge in [0.2, 0.25) is 0 Å². The number of fused-ring (bicyclic) bond motifs is 1. The maximum absolute atomic E-state index is 5.40. The Morgan fingerprint density at radius 1 is 1.50 bits per heavy atom. The van der Waals surface area contributed by atoms with Gasteiger partial charge in [-0.1, -0.05) is 13.8 Å². The molecular formula is C9H16O. The van der Waals surface area contributed by atoms with Gasteiger partial charge in [-0.3, -0.25) is 0 Å². The van der Waals surface area contributed by atoms with Crippen LogP contribution in [0.3, 0.4) is 0 Å². The molecular weight excluding hydrogens is 124 g/mol. The fourth-order valence-corrected chi connectivity index (χ4v) is 2.41. The molecule has 1 aliphatic heterocycles. The predicted octanol–water partition coefficient (Wildman–Crippen LogP) is 2.07. The first kappa shape index (κ1) is 6.66. The van der Waals surface area contributed by atoms with Crippen molar-refractivity contribution in [2.75, 3.05) is 13.2 Å². The van der Waals surface area contributed by atoms with Crippen molar-refractivity contribution >= 4 is 0 Å². The summed E-state index contributed by atoms with van der Waals surface area (Å²) in [6.45, 7) is 6.75. The smallest absolute Gasteiger partial charge is 0.0499 e. The Labute approximate surface area is 62.8 Å². The van der Waals surface area contributed by atoms with Crippen molar-refractivity contribution < 1.29 is 4.74 Å². The molecule has 1 nitrogen and oxygen atoms in total. The Balaban J connectivity index is 2.05. The largest absolute Gasteiger partial charge is 0.381 e. The molecule has 2 aliphatic rings. The van der Waals surface area contributed by atoms with Gasteiger partial charge in [-0.2, -0.15) is 0 Å². The summed E-state index contributed by atoms with van der Waals surface area (Å²) in [6.07, 6.45) is 2.75. The van der Waals surface area contributed by atoms with Gasteiger partial charge in [0.25, 0.3) is 0 Å². The van der Waals surface area contributed by atoms with E-state index in [1.807, 2.05) is 0 Å². The fourth-order valence-electron chi connectivity index (χ4n) is 2.41. The highest BCUT2D eigenvalue weighted by molar-refractivity contribution is 5.05. The highest BCUT2D eigenvalue weighted by Crippen LogP contribution is 2.61. The van der Waals surface area contributed by atoms with Gasteiger partial charge in [-0.05, 0) is 30.1 Å². The summed E-state index contributed by atoms with van der Waals surface area (Å²) in [6, 6.07) is 0. The first-order valence-electron chi connectivity index (χ1n) is 4.33. The number of hydrogen-bond acceptors (Lipinski definition) is 1. The second-order valence-electron chi connectivity index (χ2n) is 4.11. The summed E-state index contributed by atoms with van der Waals surface area (Å²) < 4.78 is 5.40. The molecule has 2 rings (SSSR count). The molecule has 1 unspecified atom stereocenters. The highest BCUT2D eigenvalue weighted by Gasteiger charge is 2.56. The minimum atomic E-state index is 0.720. The third-order valence-corrected chi connectivity index (χ3v) is 3.46. The van der Waals surface area contributed by atoms with Crippen LogP contribution >= 0.6 is 0 Å². The van der Waals surface area contributed by atoms with E-state index in [4.69, 9.17) is 4.74 Å². The van der Waals surface area contributed by atoms with Crippen molar-refractivity contribution in [2.45, 2.75) is 26.7 Å². The van der Waals surface area contributed by atoms with Crippen molar-refractivity contribution in [1.29, 1.82) is 0 Å². The quantitative estimate of drug-likeness (QED) is 0.541. The van der Waals surface area contributed by atoms with Crippen LogP contribution in [0.1, 0.15) is 26.7 Å². The van der Waals surface area contributed by atoms with E-state index in [-0.39, 0.29) is 0 Å². The van der Waals surface area contributed by atoms with E-state index >= 15 is 0 Å². The van der Waals surface area contributed by atoms with Gasteiger partial charge < -0.3 is 4.74 Å². The lowest BCUT2D eigenvalue weighted by molar-refractivity contribution is 0.0463. The number of hydrogen-bond donors (Lipinski definition) is 0. The van der Waals surface area contributed by atoms with Gasteiger partial charge in [0.05, 0.1) is 0 Å². The molecule has 0 aromatic rings. The van der Waals surface area contributed by atoms with Gasteiger partial charge in [0, 0.05) is 13.2 Å². The first-order valence-corrected chi connectivity index (χ1v) is 4.33. The Bertz CT molecular complexity index is 142. The van der Waals surface area contributed by atoms with E-state index in [9.17, 15) is 0 Å². The minimum Gasteiger partial charge on any atom is -0.381 e. The van der Waals surface area contributed by atoms with E-state index in [1.54, 1.807) is 0 Å². The van der Waals surface area contributed by atoms with Crippen molar-refractivity contribution in [3.63, 3.8) is 0 Å². The molecule has 1 saturated carbocycles. The molecule has 0 bridgehead atoms. The van der Waals surface area contributed by atoms with Crippen LogP contribution in [0.4, 0.5) is 0 Å². The van der Waals surface area contributed by atoms with Gasteiger partial charge in [0.15, 0.2) is 0 Å². The normalized spacial score (nSPS) is 45.3. The summed E-state index contributed by atoms with van der Waals surface area (Å²) in [7, 11) is 0. The first-order chi connectivity index (χ1) is 4.76. The zero-order chi connectivity index (χ0) is 7.19. The molecule has 2 fully saturated rings. The fraction of sp³-hybridized carbons (Fsp3) is 1.00. The molecule has 0 spiro atoms. The molecule has 1 heterocycles. The summed E-state index contributed by atoms with van der Waals surface area (Å²) in [5.41, 5.74) is 0.720. The average Bonchev–Trinajstić information content (AvgIpc) is 2.61. The summed E-state index contributed by atoms with van der Waals surface area (Å²) in [5, 5.41) is 0. The standard InChI is InChI=1S/C9H16O/c1-7(2)9-3-4-10-6-8(9)5-9/h7-8H,3-6H2,1-2H3/t8-,9?/m0/s1. The molecule has 1 saturated heterocycles. The summed E-state index contributed by atoms with van der Waals surface area (Å²) in [4.78, 5) is 0. The molecule has 0 aromatic carbocycles. The lowest BCUT2D eigenvalue weighted by atomic mass is 9.86. The zero-order valence-corrected chi connectivity index (χ0v) is 6.89. The SMILES string of the molecule is CC(C)C12CCOC[C@@H]1C2. The molecule has 2 atom stereocenters. The maximum atomic E-state index is 5.40. The Morgan fingerprint density at radius 3 is 2.80 bits per heavy atom. The topological polar surface area (TPSA) is 9.23 Å². The Hall–Kier alpha value is -0.0400. The van der Waals surface area contributed by atoms with Crippen LogP contribution in [0.25, 0.3) is 0 Å². The summed E-state index contributed by atoms with van der Waals surface area (Å²) in [5.74, 6) is 1.79. The van der Waals surface area contributed by atoms with E-state index in [1.165, 1.54) is 12.8 Å². The van der Waals surface area contributed by atoms with Crippen LogP contribution < -0.4 is 0 Å². The average molecular weight is 140 g/mol. The minimum absolute atomic E-state index is 0.720. The molecule has 0 radical (unpaired) electrons. The van der Waals surface area contributed by atoms with Gasteiger partial charge >= 0.3 is 0 Å². The molecule has 0 N–H and O–H groups in total. The van der Waals surface area contributed by atoms with Crippen LogP contribution in [0.15, 0.2) is 0 Å². The van der Waals surface area contributed by atoms with E-state index in [0.29, 0.717) is 0 Å². The van der Waals surface area contributed by atoms with Crippen LogP contribution in [0, 0.1) is 17.3 Å². The molecule has 1 aliphatic carbocycles. The molecule has 10 heavy (non-hydrogen) atoms. The summed E-state index contributed by atoms with van der Waals surface area (Å²) >= 11 is 0. The van der Waals surface area contributed by atoms with Crippen LogP contribution in [-0.2, 0) is 4.74 Å². The van der Waals surface area contributed by atoms with Crippen LogP contribution in [0.5, 0.6) is 0 Å². The molecule has 0 aromatic heterocycles. The van der Waals surface area contributed by atoms with Crippen LogP contribution in [-0.4, -0.2) is 13.2 Å². The third-order valence-electron chi connectivity index (χ3n) is 3.46. The van der Waals surface area contributed by atoms with Crippen molar-refractivity contribution in [1.82, 2.24) is 0 Å². The van der Waals surface area contributed by atoms with Gasteiger partial charge in [0.1, 0.15) is 0 Å². The predicted molar refractivity (Wildman–Crippen MR) is 40.8 cm³/mol. The number of rotatable bonds is 1. The molecule has 1 heteroatoms. The lowest BCUT2D eigenvalue weighted by Gasteiger charge is -2.25. The van der Waals surface area contributed by atoms with Crippen LogP contribution in [0.2, 0.25) is 0 Å². The van der Waals surface area contributed by atoms with Crippen molar-refractivity contribution in [3.05, 3.63) is 0 Å². The Kier molecular flexibility index (Phi) is 1.31. The van der Waals surface area contributed by atoms with Crippen molar-refractivity contribution in [3.8, 4) is 0 Å². The van der Waals surface area contributed by atoms with E-state index in [2.05, 4.69) is 13.8 Å². The highest BCUT2D eigenvalue weighted by atomic mass is 16.5. The zero-order valence-electron chi connectivity index (χ0n) is 6.89. The van der Waals surface area contributed by atoms with Gasteiger partial charge in [-0.25, -0.2) is 0 Å². The third kappa shape index (κ3) is 0.731. The van der Waals surface area contributed by atoms with E-state index in [0.717, 1.165) is 30.5 Å². The second-order valence-corrected chi connectivity index (χ2v) is 4.11. The van der Waals surface area contributed by atoms with Crippen molar-refractivity contribution in [2.24, 2.45) is 17.3 Å².